The van der Waals surface area contributed by atoms with Crippen LogP contribution in [0.5, 0.6) is 0 Å². The first kappa shape index (κ1) is 13.0. The molecular formula is C17H26N2. The van der Waals surface area contributed by atoms with Gasteiger partial charge in [0.25, 0.3) is 0 Å². The minimum absolute atomic E-state index is 0.788. The zero-order valence-electron chi connectivity index (χ0n) is 12.4. The van der Waals surface area contributed by atoms with Gasteiger partial charge in [0, 0.05) is 25.6 Å². The van der Waals surface area contributed by atoms with Crippen LogP contribution in [0.4, 0.5) is 5.69 Å². The Bertz CT molecular complexity index is 435. The van der Waals surface area contributed by atoms with E-state index in [2.05, 4.69) is 42.1 Å². The summed E-state index contributed by atoms with van der Waals surface area (Å²) in [6, 6.07) is 6.94. The van der Waals surface area contributed by atoms with Gasteiger partial charge in [-0.2, -0.15) is 0 Å². The van der Waals surface area contributed by atoms with Crippen molar-refractivity contribution in [3.8, 4) is 0 Å². The van der Waals surface area contributed by atoms with Gasteiger partial charge < -0.3 is 5.01 Å². The molecule has 3 rings (SSSR count). The van der Waals surface area contributed by atoms with Gasteiger partial charge in [-0.1, -0.05) is 26.0 Å². The van der Waals surface area contributed by atoms with Gasteiger partial charge in [-0.3, -0.25) is 0 Å². The average Bonchev–Trinajstić information content (AvgIpc) is 2.80. The van der Waals surface area contributed by atoms with Gasteiger partial charge in [0.1, 0.15) is 0 Å². The third kappa shape index (κ3) is 2.27. The molecule has 1 aromatic carbocycles. The first-order valence-corrected chi connectivity index (χ1v) is 7.99. The summed E-state index contributed by atoms with van der Waals surface area (Å²) in [5, 5.41) is 5.16. The van der Waals surface area contributed by atoms with Crippen molar-refractivity contribution >= 4 is 5.69 Å². The number of rotatable bonds is 5. The van der Waals surface area contributed by atoms with Gasteiger partial charge >= 0.3 is 0 Å². The van der Waals surface area contributed by atoms with Crippen molar-refractivity contribution in [2.75, 3.05) is 24.6 Å². The lowest BCUT2D eigenvalue weighted by molar-refractivity contribution is 0.250. The van der Waals surface area contributed by atoms with Crippen LogP contribution in [-0.2, 0) is 6.42 Å². The maximum absolute atomic E-state index is 2.59. The van der Waals surface area contributed by atoms with Crippen LogP contribution in [0.1, 0.15) is 56.6 Å². The smallest absolute Gasteiger partial charge is 0.0560 e. The quantitative estimate of drug-likeness (QED) is 0.788. The number of aryl methyl sites for hydroxylation is 1. The van der Waals surface area contributed by atoms with Gasteiger partial charge in [-0.25, -0.2) is 5.01 Å². The van der Waals surface area contributed by atoms with E-state index in [1.54, 1.807) is 11.1 Å². The molecule has 104 valence electrons. The molecule has 0 saturated heterocycles. The molecular weight excluding hydrogens is 232 g/mol. The van der Waals surface area contributed by atoms with E-state index in [0.717, 1.165) is 5.92 Å². The lowest BCUT2D eigenvalue weighted by Gasteiger charge is -2.34. The van der Waals surface area contributed by atoms with E-state index in [9.17, 15) is 0 Å². The fraction of sp³-hybridized carbons (Fsp3) is 0.647. The predicted molar refractivity (Wildman–Crippen MR) is 81.6 cm³/mol. The molecule has 2 aliphatic rings. The fourth-order valence-electron chi connectivity index (χ4n) is 3.82. The second-order valence-corrected chi connectivity index (χ2v) is 5.97. The summed E-state index contributed by atoms with van der Waals surface area (Å²) in [5.41, 5.74) is 4.79. The molecule has 0 spiro atoms. The van der Waals surface area contributed by atoms with Gasteiger partial charge in [0.15, 0.2) is 0 Å². The van der Waals surface area contributed by atoms with Crippen LogP contribution >= 0.6 is 0 Å². The maximum atomic E-state index is 2.59. The van der Waals surface area contributed by atoms with Crippen LogP contribution in [0.3, 0.4) is 0 Å². The van der Waals surface area contributed by atoms with E-state index in [1.165, 1.54) is 57.4 Å². The topological polar surface area (TPSA) is 6.48 Å². The van der Waals surface area contributed by atoms with Crippen molar-refractivity contribution in [1.82, 2.24) is 5.01 Å². The zero-order chi connectivity index (χ0) is 13.2. The summed E-state index contributed by atoms with van der Waals surface area (Å²) in [7, 11) is 0. The lowest BCUT2D eigenvalue weighted by Crippen LogP contribution is -2.43. The summed E-state index contributed by atoms with van der Waals surface area (Å²) < 4.78 is 0. The molecule has 0 aromatic heterocycles. The molecule has 1 aromatic rings. The Labute approximate surface area is 117 Å². The highest BCUT2D eigenvalue weighted by atomic mass is 15.6. The standard InChI is InChI=1S/C17H26N2/c1-3-11-18(12-4-2)19-13-15-9-5-7-14-8-6-10-16(19)17(14)15/h6,8,10,15H,3-5,7,9,11-13H2,1-2H3. The number of anilines is 1. The number of nitrogens with zero attached hydrogens (tertiary/aromatic N) is 2. The van der Waals surface area contributed by atoms with Gasteiger partial charge in [0.05, 0.1) is 5.69 Å². The van der Waals surface area contributed by atoms with Gasteiger partial charge in [-0.05, 0) is 49.3 Å². The zero-order valence-corrected chi connectivity index (χ0v) is 12.4. The van der Waals surface area contributed by atoms with Crippen LogP contribution in [0, 0.1) is 0 Å². The molecule has 0 bridgehead atoms. The number of hydrogen-bond acceptors (Lipinski definition) is 2. The molecule has 0 fully saturated rings. The summed E-state index contributed by atoms with van der Waals surface area (Å²) in [5.74, 6) is 0.788. The minimum Gasteiger partial charge on any atom is -0.305 e. The summed E-state index contributed by atoms with van der Waals surface area (Å²) in [6.07, 6.45) is 6.50. The first-order valence-electron chi connectivity index (χ1n) is 7.99. The molecule has 0 N–H and O–H groups in total. The molecule has 19 heavy (non-hydrogen) atoms. The molecule has 1 atom stereocenters. The first-order chi connectivity index (χ1) is 9.35. The Hall–Kier alpha value is -1.02. The molecule has 0 radical (unpaired) electrons. The number of hydrogen-bond donors (Lipinski definition) is 0. The van der Waals surface area contributed by atoms with E-state index in [0.29, 0.717) is 0 Å². The molecule has 1 aliphatic carbocycles. The number of hydrazine groups is 1. The van der Waals surface area contributed by atoms with Crippen molar-refractivity contribution in [1.29, 1.82) is 0 Å². The summed E-state index contributed by atoms with van der Waals surface area (Å²) in [6.45, 7) is 8.15. The third-order valence-electron chi connectivity index (χ3n) is 4.56. The van der Waals surface area contributed by atoms with Crippen LogP contribution in [0.25, 0.3) is 0 Å². The Kier molecular flexibility index (Phi) is 3.79. The largest absolute Gasteiger partial charge is 0.305 e. The van der Waals surface area contributed by atoms with Crippen molar-refractivity contribution in [3.05, 3.63) is 29.3 Å². The summed E-state index contributed by atoms with van der Waals surface area (Å²) >= 11 is 0. The van der Waals surface area contributed by atoms with E-state index >= 15 is 0 Å². The molecule has 2 nitrogen and oxygen atoms in total. The van der Waals surface area contributed by atoms with E-state index in [1.807, 2.05) is 0 Å². The molecule has 0 amide bonds. The third-order valence-corrected chi connectivity index (χ3v) is 4.56. The second kappa shape index (κ2) is 5.54. The highest BCUT2D eigenvalue weighted by molar-refractivity contribution is 5.63. The van der Waals surface area contributed by atoms with Crippen molar-refractivity contribution in [3.63, 3.8) is 0 Å². The van der Waals surface area contributed by atoms with Gasteiger partial charge in [0.2, 0.25) is 0 Å². The van der Waals surface area contributed by atoms with Crippen LogP contribution in [0.2, 0.25) is 0 Å². The van der Waals surface area contributed by atoms with Crippen molar-refractivity contribution in [2.24, 2.45) is 0 Å². The minimum atomic E-state index is 0.788. The SMILES string of the molecule is CCCN(CCC)N1CC2CCCc3cccc1c32. The van der Waals surface area contributed by atoms with Crippen LogP contribution < -0.4 is 5.01 Å². The highest BCUT2D eigenvalue weighted by Crippen LogP contribution is 2.44. The normalized spacial score (nSPS) is 21.0. The molecule has 1 aliphatic heterocycles. The van der Waals surface area contributed by atoms with Crippen LogP contribution in [-0.4, -0.2) is 24.6 Å². The Morgan fingerprint density at radius 1 is 1.21 bits per heavy atom. The molecule has 0 saturated carbocycles. The molecule has 2 heteroatoms. The van der Waals surface area contributed by atoms with Crippen molar-refractivity contribution in [2.45, 2.75) is 51.9 Å². The number of benzene rings is 1. The van der Waals surface area contributed by atoms with Crippen molar-refractivity contribution < 1.29 is 0 Å². The monoisotopic (exact) mass is 258 g/mol. The molecule has 1 unspecified atom stereocenters. The summed E-state index contributed by atoms with van der Waals surface area (Å²) in [4.78, 5) is 0. The Balaban J connectivity index is 1.92. The second-order valence-electron chi connectivity index (χ2n) is 5.97. The molecule has 1 heterocycles. The van der Waals surface area contributed by atoms with Gasteiger partial charge in [-0.15, -0.1) is 0 Å². The van der Waals surface area contributed by atoms with E-state index < -0.39 is 0 Å². The predicted octanol–water partition coefficient (Wildman–Crippen LogP) is 3.96. The average molecular weight is 258 g/mol. The Morgan fingerprint density at radius 2 is 2.00 bits per heavy atom. The fourth-order valence-corrected chi connectivity index (χ4v) is 3.82. The van der Waals surface area contributed by atoms with Crippen LogP contribution in [0.15, 0.2) is 18.2 Å². The Morgan fingerprint density at radius 3 is 2.74 bits per heavy atom. The van der Waals surface area contributed by atoms with E-state index in [-0.39, 0.29) is 0 Å². The highest BCUT2D eigenvalue weighted by Gasteiger charge is 2.34. The lowest BCUT2D eigenvalue weighted by atomic mass is 9.84. The van der Waals surface area contributed by atoms with E-state index in [4.69, 9.17) is 0 Å². The maximum Gasteiger partial charge on any atom is 0.0560 e.